The summed E-state index contributed by atoms with van der Waals surface area (Å²) in [5.41, 5.74) is 0.206. The Morgan fingerprint density at radius 1 is 1.18 bits per heavy atom. The molecule has 0 aliphatic heterocycles. The van der Waals surface area contributed by atoms with E-state index in [9.17, 15) is 19.3 Å². The van der Waals surface area contributed by atoms with Gasteiger partial charge in [-0.05, 0) is 24.3 Å². The number of benzene rings is 2. The summed E-state index contributed by atoms with van der Waals surface area (Å²) < 4.78 is 14.3. The Bertz CT molecular complexity index is 891. The zero-order chi connectivity index (χ0) is 15.7. The molecular weight excluding hydrogens is 307 g/mol. The number of carbonyl (C=O) groups excluding carboxylic acids is 1. The minimum atomic E-state index is -0.537. The highest BCUT2D eigenvalue weighted by Crippen LogP contribution is 2.28. The van der Waals surface area contributed by atoms with Crippen LogP contribution in [0.3, 0.4) is 0 Å². The number of hydrogen-bond acceptors (Lipinski definition) is 4. The lowest BCUT2D eigenvalue weighted by Crippen LogP contribution is -2.10. The molecule has 0 bridgehead atoms. The summed E-state index contributed by atoms with van der Waals surface area (Å²) in [6, 6.07) is 11.8. The van der Waals surface area contributed by atoms with Crippen molar-refractivity contribution in [2.24, 2.45) is 0 Å². The molecule has 1 amide bonds. The molecule has 7 heteroatoms. The van der Waals surface area contributed by atoms with E-state index in [0.29, 0.717) is 20.7 Å². The lowest BCUT2D eigenvalue weighted by atomic mass is 10.2. The zero-order valence-electron chi connectivity index (χ0n) is 11.1. The maximum absolute atomic E-state index is 13.6. The molecule has 0 saturated carbocycles. The Kier molecular flexibility index (Phi) is 3.56. The van der Waals surface area contributed by atoms with Gasteiger partial charge in [0, 0.05) is 27.9 Å². The minimum Gasteiger partial charge on any atom is -0.321 e. The number of fused-ring (bicyclic) bond motifs is 1. The second-order valence-electron chi connectivity index (χ2n) is 4.52. The summed E-state index contributed by atoms with van der Waals surface area (Å²) >= 11 is 1.16. The number of amides is 1. The van der Waals surface area contributed by atoms with Gasteiger partial charge in [0.15, 0.2) is 0 Å². The van der Waals surface area contributed by atoms with E-state index in [4.69, 9.17) is 0 Å². The summed E-state index contributed by atoms with van der Waals surface area (Å²) in [5, 5.41) is 13.7. The van der Waals surface area contributed by atoms with Crippen molar-refractivity contribution in [1.82, 2.24) is 0 Å². The molecule has 3 rings (SSSR count). The molecule has 0 aliphatic rings. The van der Waals surface area contributed by atoms with Crippen molar-refractivity contribution < 1.29 is 14.1 Å². The maximum Gasteiger partial charge on any atom is 0.271 e. The van der Waals surface area contributed by atoms with Gasteiger partial charge in [0.2, 0.25) is 0 Å². The summed E-state index contributed by atoms with van der Waals surface area (Å²) in [6.45, 7) is 0. The molecule has 0 atom stereocenters. The van der Waals surface area contributed by atoms with Crippen molar-refractivity contribution in [1.29, 1.82) is 0 Å². The van der Waals surface area contributed by atoms with Gasteiger partial charge in [0.1, 0.15) is 5.82 Å². The number of nitrogens with zero attached hydrogens (tertiary/aromatic N) is 1. The predicted octanol–water partition coefficient (Wildman–Crippen LogP) is 4.20. The zero-order valence-corrected chi connectivity index (χ0v) is 11.9. The van der Waals surface area contributed by atoms with Gasteiger partial charge in [-0.15, -0.1) is 11.3 Å². The Morgan fingerprint density at radius 2 is 1.95 bits per heavy atom. The molecule has 0 saturated heterocycles. The normalized spacial score (nSPS) is 10.6. The Morgan fingerprint density at radius 3 is 2.68 bits per heavy atom. The van der Waals surface area contributed by atoms with Gasteiger partial charge in [0.05, 0.1) is 9.80 Å². The third-order valence-electron chi connectivity index (χ3n) is 3.05. The number of carbonyl (C=O) groups is 1. The molecule has 110 valence electrons. The van der Waals surface area contributed by atoms with E-state index in [1.807, 2.05) is 0 Å². The fourth-order valence-electron chi connectivity index (χ4n) is 2.03. The van der Waals surface area contributed by atoms with Crippen LogP contribution in [0.1, 0.15) is 9.67 Å². The van der Waals surface area contributed by atoms with Crippen LogP contribution in [0, 0.1) is 15.9 Å². The molecule has 1 aromatic heterocycles. The molecule has 22 heavy (non-hydrogen) atoms. The van der Waals surface area contributed by atoms with Crippen LogP contribution in [0.4, 0.5) is 15.8 Å². The van der Waals surface area contributed by atoms with Gasteiger partial charge in [-0.3, -0.25) is 14.9 Å². The molecule has 1 N–H and O–H groups in total. The van der Waals surface area contributed by atoms with Gasteiger partial charge in [-0.25, -0.2) is 4.39 Å². The molecule has 0 unspecified atom stereocenters. The number of anilines is 1. The Balaban J connectivity index is 1.88. The van der Waals surface area contributed by atoms with Crippen LogP contribution < -0.4 is 5.32 Å². The number of halogens is 1. The van der Waals surface area contributed by atoms with Crippen LogP contribution in [0.2, 0.25) is 0 Å². The maximum atomic E-state index is 13.6. The fraction of sp³-hybridized carbons (Fsp3) is 0. The van der Waals surface area contributed by atoms with Crippen molar-refractivity contribution in [3.63, 3.8) is 0 Å². The average Bonchev–Trinajstić information content (AvgIpc) is 2.93. The number of rotatable bonds is 3. The van der Waals surface area contributed by atoms with Gasteiger partial charge in [-0.1, -0.05) is 12.1 Å². The monoisotopic (exact) mass is 316 g/mol. The molecule has 0 spiro atoms. The van der Waals surface area contributed by atoms with E-state index in [1.165, 1.54) is 30.3 Å². The first kappa shape index (κ1) is 14.2. The summed E-state index contributed by atoms with van der Waals surface area (Å²) in [4.78, 5) is 22.7. The van der Waals surface area contributed by atoms with Crippen LogP contribution in [0.25, 0.3) is 10.1 Å². The van der Waals surface area contributed by atoms with E-state index < -0.39 is 10.8 Å². The molecule has 0 radical (unpaired) electrons. The molecular formula is C15H9FN2O3S. The predicted molar refractivity (Wildman–Crippen MR) is 82.8 cm³/mol. The van der Waals surface area contributed by atoms with E-state index in [2.05, 4.69) is 5.32 Å². The SMILES string of the molecule is O=C(Nc1cccc([N+](=O)[O-])c1)c1cc2c(F)cccc2s1. The lowest BCUT2D eigenvalue weighted by molar-refractivity contribution is -0.384. The van der Waals surface area contributed by atoms with Crippen LogP contribution in [-0.4, -0.2) is 10.8 Å². The fourth-order valence-corrected chi connectivity index (χ4v) is 3.00. The highest BCUT2D eigenvalue weighted by Gasteiger charge is 2.14. The molecule has 1 heterocycles. The second-order valence-corrected chi connectivity index (χ2v) is 5.61. The molecule has 0 fully saturated rings. The van der Waals surface area contributed by atoms with Crippen molar-refractivity contribution in [3.05, 3.63) is 69.3 Å². The van der Waals surface area contributed by atoms with Gasteiger partial charge < -0.3 is 5.32 Å². The van der Waals surface area contributed by atoms with E-state index in [-0.39, 0.29) is 11.5 Å². The standard InChI is InChI=1S/C15H9FN2O3S/c16-12-5-2-6-13-11(12)8-14(22-13)15(19)17-9-3-1-4-10(7-9)18(20)21/h1-8H,(H,17,19). The van der Waals surface area contributed by atoms with Gasteiger partial charge in [0.25, 0.3) is 11.6 Å². The van der Waals surface area contributed by atoms with E-state index >= 15 is 0 Å². The molecule has 2 aromatic carbocycles. The second kappa shape index (κ2) is 5.53. The van der Waals surface area contributed by atoms with Crippen molar-refractivity contribution in [2.45, 2.75) is 0 Å². The Hall–Kier alpha value is -2.80. The first-order valence-corrected chi connectivity index (χ1v) is 7.10. The largest absolute Gasteiger partial charge is 0.321 e. The first-order valence-electron chi connectivity index (χ1n) is 6.28. The topological polar surface area (TPSA) is 72.2 Å². The van der Waals surface area contributed by atoms with Crippen molar-refractivity contribution in [2.75, 3.05) is 5.32 Å². The minimum absolute atomic E-state index is 0.111. The number of nitro benzene ring substituents is 1. The van der Waals surface area contributed by atoms with Crippen molar-refractivity contribution in [3.8, 4) is 0 Å². The number of thiophene rings is 1. The molecule has 3 aromatic rings. The lowest BCUT2D eigenvalue weighted by Gasteiger charge is -2.02. The third kappa shape index (κ3) is 2.66. The van der Waals surface area contributed by atoms with E-state index in [1.54, 1.807) is 18.2 Å². The number of nitro groups is 1. The molecule has 5 nitrogen and oxygen atoms in total. The highest BCUT2D eigenvalue weighted by molar-refractivity contribution is 7.20. The number of hydrogen-bond donors (Lipinski definition) is 1. The van der Waals surface area contributed by atoms with Crippen LogP contribution in [0.15, 0.2) is 48.5 Å². The summed E-state index contributed by atoms with van der Waals surface area (Å²) in [5.74, 6) is -0.816. The van der Waals surface area contributed by atoms with Crippen molar-refractivity contribution >= 4 is 38.7 Å². The number of non-ortho nitro benzene ring substituents is 1. The number of nitrogens with one attached hydrogen (secondary N) is 1. The van der Waals surface area contributed by atoms with Gasteiger partial charge in [-0.2, -0.15) is 0 Å². The van der Waals surface area contributed by atoms with Gasteiger partial charge >= 0.3 is 0 Å². The van der Waals surface area contributed by atoms with E-state index in [0.717, 1.165) is 11.3 Å². The average molecular weight is 316 g/mol. The molecule has 0 aliphatic carbocycles. The summed E-state index contributed by atoms with van der Waals surface area (Å²) in [7, 11) is 0. The smallest absolute Gasteiger partial charge is 0.271 e. The van der Waals surface area contributed by atoms with Crippen LogP contribution in [0.5, 0.6) is 0 Å². The first-order chi connectivity index (χ1) is 10.5. The van der Waals surface area contributed by atoms with Crippen LogP contribution >= 0.6 is 11.3 Å². The Labute approximate surface area is 128 Å². The highest BCUT2D eigenvalue weighted by atomic mass is 32.1. The third-order valence-corrected chi connectivity index (χ3v) is 4.15. The van der Waals surface area contributed by atoms with Crippen LogP contribution in [-0.2, 0) is 0 Å². The summed E-state index contributed by atoms with van der Waals surface area (Å²) in [6.07, 6.45) is 0. The quantitative estimate of drug-likeness (QED) is 0.581.